The van der Waals surface area contributed by atoms with E-state index in [-0.39, 0.29) is 12.0 Å². The number of hydrogen-bond donors (Lipinski definition) is 4. The molecule has 8 heteroatoms. The first-order valence-corrected chi connectivity index (χ1v) is 8.32. The Morgan fingerprint density at radius 3 is 2.31 bits per heavy atom. The fourth-order valence-electron chi connectivity index (χ4n) is 2.05. The number of allylic oxidation sites excluding steroid dienone is 1. The molecule has 0 aromatic heterocycles. The number of carbonyl (C=O) groups is 3. The van der Waals surface area contributed by atoms with E-state index in [1.165, 1.54) is 0 Å². The summed E-state index contributed by atoms with van der Waals surface area (Å²) in [6.07, 6.45) is 2.00. The fraction of sp³-hybridized carbons (Fsp3) is 0.333. The van der Waals surface area contributed by atoms with Gasteiger partial charge in [0, 0.05) is 23.5 Å². The molecule has 0 radical (unpaired) electrons. The second-order valence-electron chi connectivity index (χ2n) is 5.50. The maximum atomic E-state index is 12.2. The van der Waals surface area contributed by atoms with Gasteiger partial charge in [0.2, 0.25) is 5.91 Å². The summed E-state index contributed by atoms with van der Waals surface area (Å²) < 4.78 is 0. The minimum absolute atomic E-state index is 0.192. The van der Waals surface area contributed by atoms with Gasteiger partial charge < -0.3 is 11.1 Å². The number of carbonyl (C=O) groups excluding carboxylic acids is 3. The molecule has 0 heterocycles. The number of nitrogens with one attached hydrogen (secondary N) is 3. The molecular weight excluding hydrogens is 334 g/mol. The van der Waals surface area contributed by atoms with E-state index in [0.717, 1.165) is 6.42 Å². The predicted molar refractivity (Wildman–Crippen MR) is 98.6 cm³/mol. The summed E-state index contributed by atoms with van der Waals surface area (Å²) >= 11 is 0. The van der Waals surface area contributed by atoms with Crippen LogP contribution < -0.4 is 21.7 Å². The van der Waals surface area contributed by atoms with Gasteiger partial charge in [0.1, 0.15) is 11.6 Å². The molecule has 8 nitrogen and oxygen atoms in total. The van der Waals surface area contributed by atoms with Crippen molar-refractivity contribution in [1.29, 1.82) is 5.26 Å². The summed E-state index contributed by atoms with van der Waals surface area (Å²) in [5.41, 5.74) is 6.96. The molecule has 0 saturated carbocycles. The number of nitrogens with two attached hydrogens (primary N) is 1. The molecule has 0 aliphatic carbocycles. The number of urea groups is 1. The number of nitrogen functional groups attached to an aromatic ring is 1. The minimum atomic E-state index is -0.952. The van der Waals surface area contributed by atoms with Crippen LogP contribution in [0, 0.1) is 11.3 Å². The van der Waals surface area contributed by atoms with Crippen LogP contribution in [0.15, 0.2) is 35.5 Å². The summed E-state index contributed by atoms with van der Waals surface area (Å²) in [6.45, 7) is 3.68. The smallest absolute Gasteiger partial charge is 0.328 e. The maximum absolute atomic E-state index is 12.2. The van der Waals surface area contributed by atoms with Crippen LogP contribution in [-0.2, 0) is 9.59 Å². The average molecular weight is 357 g/mol. The first-order valence-electron chi connectivity index (χ1n) is 8.32. The lowest BCUT2D eigenvalue weighted by molar-refractivity contribution is -0.120. The van der Waals surface area contributed by atoms with Crippen molar-refractivity contribution in [1.82, 2.24) is 10.6 Å². The molecule has 5 N–H and O–H groups in total. The lowest BCUT2D eigenvalue weighted by Gasteiger charge is -2.12. The molecule has 1 rings (SSSR count). The molecule has 0 bridgehead atoms. The second kappa shape index (κ2) is 10.5. The largest absolute Gasteiger partial charge is 0.399 e. The van der Waals surface area contributed by atoms with Gasteiger partial charge in [-0.15, -0.1) is 0 Å². The Labute approximate surface area is 152 Å². The monoisotopic (exact) mass is 357 g/mol. The van der Waals surface area contributed by atoms with E-state index in [1.54, 1.807) is 37.3 Å². The molecule has 4 amide bonds. The zero-order valence-corrected chi connectivity index (χ0v) is 14.9. The van der Waals surface area contributed by atoms with Crippen LogP contribution >= 0.6 is 0 Å². The Bertz CT molecular complexity index is 732. The third-order valence-electron chi connectivity index (χ3n) is 3.44. The minimum Gasteiger partial charge on any atom is -0.399 e. The van der Waals surface area contributed by atoms with Crippen molar-refractivity contribution < 1.29 is 14.4 Å². The van der Waals surface area contributed by atoms with E-state index in [1.807, 2.05) is 12.2 Å². The fourth-order valence-corrected chi connectivity index (χ4v) is 2.05. The van der Waals surface area contributed by atoms with Gasteiger partial charge in [-0.25, -0.2) is 4.79 Å². The molecule has 1 aromatic carbocycles. The van der Waals surface area contributed by atoms with E-state index >= 15 is 0 Å². The standard InChI is InChI=1S/C18H23N5O3/c1-3-5-6-16(24)22-18(26)23-17(25)14(11-19)15(4-2)21-13-9-7-12(20)8-10-13/h7-10,21H,3-6,20H2,1-2H3,(H2,22,23,24,25,26)/b15-14+. The number of imide groups is 2. The number of benzene rings is 1. The predicted octanol–water partition coefficient (Wildman–Crippen LogP) is 2.41. The molecule has 26 heavy (non-hydrogen) atoms. The van der Waals surface area contributed by atoms with Crippen LogP contribution in [0.5, 0.6) is 0 Å². The highest BCUT2D eigenvalue weighted by Crippen LogP contribution is 2.16. The number of nitrogens with zero attached hydrogens (tertiary/aromatic N) is 1. The molecule has 0 spiro atoms. The summed E-state index contributed by atoms with van der Waals surface area (Å²) in [5, 5.41) is 16.3. The van der Waals surface area contributed by atoms with E-state index in [0.29, 0.717) is 29.9 Å². The Balaban J connectivity index is 2.82. The quantitative estimate of drug-likeness (QED) is 0.336. The van der Waals surface area contributed by atoms with Crippen LogP contribution in [0.1, 0.15) is 39.5 Å². The van der Waals surface area contributed by atoms with Crippen molar-refractivity contribution in [3.8, 4) is 6.07 Å². The van der Waals surface area contributed by atoms with Gasteiger partial charge in [0.25, 0.3) is 5.91 Å². The third kappa shape index (κ3) is 6.65. The maximum Gasteiger partial charge on any atom is 0.328 e. The molecule has 0 aliphatic rings. The topological polar surface area (TPSA) is 137 Å². The normalized spacial score (nSPS) is 11.0. The van der Waals surface area contributed by atoms with Crippen LogP contribution in [0.3, 0.4) is 0 Å². The van der Waals surface area contributed by atoms with Crippen molar-refractivity contribution in [2.24, 2.45) is 0 Å². The van der Waals surface area contributed by atoms with Crippen LogP contribution in [-0.4, -0.2) is 17.8 Å². The number of anilines is 2. The highest BCUT2D eigenvalue weighted by molar-refractivity contribution is 6.09. The zero-order chi connectivity index (χ0) is 19.5. The van der Waals surface area contributed by atoms with Gasteiger partial charge in [-0.3, -0.25) is 20.2 Å². The van der Waals surface area contributed by atoms with Gasteiger partial charge in [0.15, 0.2) is 0 Å². The van der Waals surface area contributed by atoms with Crippen molar-refractivity contribution >= 4 is 29.2 Å². The molecule has 0 unspecified atom stereocenters. The summed E-state index contributed by atoms with van der Waals surface area (Å²) in [5.74, 6) is -1.36. The first kappa shape index (κ1) is 20.7. The van der Waals surface area contributed by atoms with E-state index in [2.05, 4.69) is 10.6 Å². The van der Waals surface area contributed by atoms with Crippen molar-refractivity contribution in [3.63, 3.8) is 0 Å². The summed E-state index contributed by atoms with van der Waals surface area (Å²) in [6, 6.07) is 7.61. The molecule has 0 fully saturated rings. The lowest BCUT2D eigenvalue weighted by Crippen LogP contribution is -2.43. The van der Waals surface area contributed by atoms with Crippen LogP contribution in [0.25, 0.3) is 0 Å². The van der Waals surface area contributed by atoms with Gasteiger partial charge in [-0.1, -0.05) is 20.3 Å². The number of hydrogen-bond acceptors (Lipinski definition) is 6. The van der Waals surface area contributed by atoms with E-state index < -0.39 is 17.8 Å². The Morgan fingerprint density at radius 2 is 1.77 bits per heavy atom. The summed E-state index contributed by atoms with van der Waals surface area (Å²) in [7, 11) is 0. The van der Waals surface area contributed by atoms with E-state index in [4.69, 9.17) is 5.73 Å². The Kier molecular flexibility index (Phi) is 8.37. The van der Waals surface area contributed by atoms with Crippen LogP contribution in [0.2, 0.25) is 0 Å². The Morgan fingerprint density at radius 1 is 1.12 bits per heavy atom. The lowest BCUT2D eigenvalue weighted by atomic mass is 10.1. The van der Waals surface area contributed by atoms with Crippen molar-refractivity contribution in [2.75, 3.05) is 11.1 Å². The number of nitriles is 1. The average Bonchev–Trinajstić information content (AvgIpc) is 2.61. The van der Waals surface area contributed by atoms with Crippen molar-refractivity contribution in [2.45, 2.75) is 39.5 Å². The highest BCUT2D eigenvalue weighted by Gasteiger charge is 2.18. The van der Waals surface area contributed by atoms with Gasteiger partial charge in [-0.2, -0.15) is 5.26 Å². The molecule has 0 saturated heterocycles. The molecule has 0 atom stereocenters. The second-order valence-corrected chi connectivity index (χ2v) is 5.50. The van der Waals surface area contributed by atoms with Crippen molar-refractivity contribution in [3.05, 3.63) is 35.5 Å². The zero-order valence-electron chi connectivity index (χ0n) is 14.9. The van der Waals surface area contributed by atoms with E-state index in [9.17, 15) is 19.6 Å². The molecule has 1 aromatic rings. The van der Waals surface area contributed by atoms with Gasteiger partial charge >= 0.3 is 6.03 Å². The SMILES string of the molecule is CCCCC(=O)NC(=O)NC(=O)/C(C#N)=C(\CC)Nc1ccc(N)cc1. The first-order chi connectivity index (χ1) is 12.4. The van der Waals surface area contributed by atoms with Gasteiger partial charge in [-0.05, 0) is 37.1 Å². The molecule has 138 valence electrons. The Hall–Kier alpha value is -3.34. The van der Waals surface area contributed by atoms with Crippen LogP contribution in [0.4, 0.5) is 16.2 Å². The highest BCUT2D eigenvalue weighted by atomic mass is 16.2. The summed E-state index contributed by atoms with van der Waals surface area (Å²) in [4.78, 5) is 35.4. The third-order valence-corrected chi connectivity index (χ3v) is 3.44. The number of amides is 4. The molecular formula is C18H23N5O3. The molecule has 0 aliphatic heterocycles. The number of rotatable bonds is 7. The van der Waals surface area contributed by atoms with Gasteiger partial charge in [0.05, 0.1) is 0 Å². The number of unbranched alkanes of at least 4 members (excludes halogenated alkanes) is 1.